The van der Waals surface area contributed by atoms with Crippen LogP contribution in [0.15, 0.2) is 28.6 Å². The Labute approximate surface area is 89.6 Å². The van der Waals surface area contributed by atoms with E-state index in [0.29, 0.717) is 0 Å². The number of thioether (sulfide) groups is 1. The number of fused-ring (bicyclic) bond motifs is 1. The van der Waals surface area contributed by atoms with Gasteiger partial charge in [-0.05, 0) is 24.5 Å². The molecule has 1 aromatic carbocycles. The standard InChI is InChI=1S/C12H15NS/c1-4-5-10-7-6-8(2)11-12(10)14-9(3)13-11/h6-7,13H,3-5H2,1-2H3. The Balaban J connectivity index is 2.47. The zero-order valence-corrected chi connectivity index (χ0v) is 9.50. The van der Waals surface area contributed by atoms with Gasteiger partial charge in [0, 0.05) is 4.90 Å². The molecule has 2 rings (SSSR count). The predicted molar refractivity (Wildman–Crippen MR) is 63.8 cm³/mol. The molecule has 1 aliphatic heterocycles. The monoisotopic (exact) mass is 205 g/mol. The fraction of sp³-hybridized carbons (Fsp3) is 0.333. The molecule has 1 aromatic rings. The number of nitrogens with one attached hydrogen (secondary N) is 1. The van der Waals surface area contributed by atoms with Crippen LogP contribution in [0.5, 0.6) is 0 Å². The highest BCUT2D eigenvalue weighted by Gasteiger charge is 2.19. The lowest BCUT2D eigenvalue weighted by atomic mass is 10.1. The fourth-order valence-electron chi connectivity index (χ4n) is 1.75. The van der Waals surface area contributed by atoms with E-state index in [1.807, 2.05) is 0 Å². The Morgan fingerprint density at radius 2 is 2.21 bits per heavy atom. The average Bonchev–Trinajstić information content (AvgIpc) is 2.53. The molecule has 0 radical (unpaired) electrons. The van der Waals surface area contributed by atoms with Crippen LogP contribution in [0.2, 0.25) is 0 Å². The van der Waals surface area contributed by atoms with Gasteiger partial charge >= 0.3 is 0 Å². The van der Waals surface area contributed by atoms with E-state index in [9.17, 15) is 0 Å². The fourth-order valence-corrected chi connectivity index (χ4v) is 2.77. The molecule has 0 amide bonds. The van der Waals surface area contributed by atoms with Crippen molar-refractivity contribution in [1.82, 2.24) is 0 Å². The van der Waals surface area contributed by atoms with Gasteiger partial charge in [0.25, 0.3) is 0 Å². The summed E-state index contributed by atoms with van der Waals surface area (Å²) in [7, 11) is 0. The molecule has 0 saturated carbocycles. The molecule has 1 heterocycles. The number of rotatable bonds is 2. The van der Waals surface area contributed by atoms with Crippen LogP contribution in [0.4, 0.5) is 5.69 Å². The molecule has 74 valence electrons. The highest BCUT2D eigenvalue weighted by atomic mass is 32.2. The summed E-state index contributed by atoms with van der Waals surface area (Å²) in [5.41, 5.74) is 4.03. The Bertz CT molecular complexity index is 382. The van der Waals surface area contributed by atoms with Gasteiger partial charge in [-0.3, -0.25) is 0 Å². The Hall–Kier alpha value is -0.890. The van der Waals surface area contributed by atoms with Crippen molar-refractivity contribution >= 4 is 17.4 Å². The smallest absolute Gasteiger partial charge is 0.0701 e. The van der Waals surface area contributed by atoms with E-state index in [1.165, 1.54) is 28.1 Å². The summed E-state index contributed by atoms with van der Waals surface area (Å²) in [6, 6.07) is 4.43. The van der Waals surface area contributed by atoms with Gasteiger partial charge in [-0.2, -0.15) is 0 Å². The second-order valence-electron chi connectivity index (χ2n) is 3.65. The van der Waals surface area contributed by atoms with Gasteiger partial charge in [-0.25, -0.2) is 0 Å². The van der Waals surface area contributed by atoms with E-state index in [-0.39, 0.29) is 0 Å². The van der Waals surface area contributed by atoms with E-state index in [0.717, 1.165) is 11.4 Å². The molecule has 1 aliphatic rings. The van der Waals surface area contributed by atoms with Crippen LogP contribution in [-0.4, -0.2) is 0 Å². The van der Waals surface area contributed by atoms with Crippen LogP contribution in [-0.2, 0) is 6.42 Å². The first-order valence-corrected chi connectivity index (χ1v) is 5.80. The van der Waals surface area contributed by atoms with Crippen LogP contribution < -0.4 is 5.32 Å². The molecule has 0 atom stereocenters. The van der Waals surface area contributed by atoms with Crippen LogP contribution >= 0.6 is 11.8 Å². The van der Waals surface area contributed by atoms with Gasteiger partial charge < -0.3 is 5.32 Å². The molecule has 0 aliphatic carbocycles. The lowest BCUT2D eigenvalue weighted by Gasteiger charge is -2.07. The Kier molecular flexibility index (Phi) is 2.55. The second-order valence-corrected chi connectivity index (χ2v) is 4.75. The van der Waals surface area contributed by atoms with Gasteiger partial charge in [-0.15, -0.1) is 0 Å². The minimum atomic E-state index is 1.05. The summed E-state index contributed by atoms with van der Waals surface area (Å²) >= 11 is 1.77. The van der Waals surface area contributed by atoms with Crippen molar-refractivity contribution in [3.8, 4) is 0 Å². The van der Waals surface area contributed by atoms with Crippen molar-refractivity contribution < 1.29 is 0 Å². The molecular formula is C12H15NS. The molecule has 0 unspecified atom stereocenters. The van der Waals surface area contributed by atoms with Crippen molar-refractivity contribution in [1.29, 1.82) is 0 Å². The molecule has 14 heavy (non-hydrogen) atoms. The summed E-state index contributed by atoms with van der Waals surface area (Å²) in [6.45, 7) is 8.32. The van der Waals surface area contributed by atoms with Crippen molar-refractivity contribution in [2.45, 2.75) is 31.6 Å². The van der Waals surface area contributed by atoms with Gasteiger partial charge in [0.15, 0.2) is 0 Å². The molecule has 0 saturated heterocycles. The normalized spacial score (nSPS) is 14.0. The van der Waals surface area contributed by atoms with Gasteiger partial charge in [-0.1, -0.05) is 43.8 Å². The van der Waals surface area contributed by atoms with E-state index in [4.69, 9.17) is 0 Å². The van der Waals surface area contributed by atoms with Crippen LogP contribution in [0.3, 0.4) is 0 Å². The zero-order valence-electron chi connectivity index (χ0n) is 8.68. The Morgan fingerprint density at radius 3 is 2.93 bits per heavy atom. The van der Waals surface area contributed by atoms with Crippen molar-refractivity contribution in [2.75, 3.05) is 5.32 Å². The third-order valence-electron chi connectivity index (χ3n) is 2.46. The number of benzene rings is 1. The average molecular weight is 205 g/mol. The maximum absolute atomic E-state index is 3.96. The molecule has 0 bridgehead atoms. The molecule has 2 heteroatoms. The van der Waals surface area contributed by atoms with Crippen molar-refractivity contribution in [3.05, 3.63) is 34.9 Å². The number of anilines is 1. The van der Waals surface area contributed by atoms with Gasteiger partial charge in [0.2, 0.25) is 0 Å². The van der Waals surface area contributed by atoms with Crippen molar-refractivity contribution in [3.63, 3.8) is 0 Å². The highest BCUT2D eigenvalue weighted by Crippen LogP contribution is 2.44. The van der Waals surface area contributed by atoms with Gasteiger partial charge in [0.1, 0.15) is 0 Å². The summed E-state index contributed by atoms with van der Waals surface area (Å²) in [5.74, 6) is 0. The molecule has 0 aromatic heterocycles. The summed E-state index contributed by atoms with van der Waals surface area (Å²) in [4.78, 5) is 1.39. The highest BCUT2D eigenvalue weighted by molar-refractivity contribution is 8.03. The van der Waals surface area contributed by atoms with E-state index in [1.54, 1.807) is 11.8 Å². The first kappa shape index (κ1) is 9.66. The lowest BCUT2D eigenvalue weighted by molar-refractivity contribution is 0.902. The minimum Gasteiger partial charge on any atom is -0.349 e. The molecule has 0 spiro atoms. The second kappa shape index (κ2) is 3.70. The first-order chi connectivity index (χ1) is 6.72. The number of hydrogen-bond acceptors (Lipinski definition) is 2. The summed E-state index contributed by atoms with van der Waals surface area (Å²) < 4.78 is 0. The minimum absolute atomic E-state index is 1.05. The summed E-state index contributed by atoms with van der Waals surface area (Å²) in [6.07, 6.45) is 2.35. The quantitative estimate of drug-likeness (QED) is 0.785. The lowest BCUT2D eigenvalue weighted by Crippen LogP contribution is -1.92. The maximum Gasteiger partial charge on any atom is 0.0701 e. The zero-order chi connectivity index (χ0) is 10.1. The third kappa shape index (κ3) is 1.55. The van der Waals surface area contributed by atoms with Crippen molar-refractivity contribution in [2.24, 2.45) is 0 Å². The molecule has 1 nitrogen and oxygen atoms in total. The summed E-state index contributed by atoms with van der Waals surface area (Å²) in [5, 5.41) is 4.38. The first-order valence-electron chi connectivity index (χ1n) is 4.98. The van der Waals surface area contributed by atoms with E-state index >= 15 is 0 Å². The molecule has 0 fully saturated rings. The Morgan fingerprint density at radius 1 is 1.43 bits per heavy atom. The number of aryl methyl sites for hydroxylation is 2. The van der Waals surface area contributed by atoms with Crippen LogP contribution in [0.25, 0.3) is 0 Å². The predicted octanol–water partition coefficient (Wildman–Crippen LogP) is 3.94. The van der Waals surface area contributed by atoms with Crippen LogP contribution in [0, 0.1) is 6.92 Å². The van der Waals surface area contributed by atoms with Gasteiger partial charge in [0.05, 0.1) is 10.7 Å². The molecule has 1 N–H and O–H groups in total. The molecular weight excluding hydrogens is 190 g/mol. The topological polar surface area (TPSA) is 12.0 Å². The van der Waals surface area contributed by atoms with E-state index in [2.05, 4.69) is 37.9 Å². The van der Waals surface area contributed by atoms with E-state index < -0.39 is 0 Å². The number of hydrogen-bond donors (Lipinski definition) is 1. The largest absolute Gasteiger partial charge is 0.349 e. The van der Waals surface area contributed by atoms with Crippen LogP contribution in [0.1, 0.15) is 24.5 Å². The SMILES string of the molecule is C=C1Nc2c(C)ccc(CCC)c2S1. The maximum atomic E-state index is 3.96. The third-order valence-corrected chi connectivity index (χ3v) is 3.48.